The van der Waals surface area contributed by atoms with Crippen molar-refractivity contribution in [3.05, 3.63) is 36.5 Å². The maximum atomic E-state index is 12.2. The summed E-state index contributed by atoms with van der Waals surface area (Å²) in [5.74, 6) is 1.66. The number of hydrogen-bond donors (Lipinski definition) is 1. The van der Waals surface area contributed by atoms with Crippen molar-refractivity contribution in [3.8, 4) is 5.88 Å². The average molecular weight is 316 g/mol. The van der Waals surface area contributed by atoms with E-state index in [0.29, 0.717) is 31.3 Å². The van der Waals surface area contributed by atoms with E-state index in [1.54, 1.807) is 18.2 Å². The number of amides is 1. The first-order valence-electron chi connectivity index (χ1n) is 7.80. The van der Waals surface area contributed by atoms with Crippen LogP contribution >= 0.6 is 0 Å². The first kappa shape index (κ1) is 15.3. The molecule has 0 saturated carbocycles. The van der Waals surface area contributed by atoms with Crippen LogP contribution in [0.5, 0.6) is 5.88 Å². The monoisotopic (exact) mass is 316 g/mol. The van der Waals surface area contributed by atoms with E-state index in [0.717, 1.165) is 18.7 Å². The van der Waals surface area contributed by atoms with E-state index < -0.39 is 0 Å². The molecule has 1 aliphatic heterocycles. The van der Waals surface area contributed by atoms with Crippen LogP contribution < -0.4 is 10.1 Å². The molecule has 0 unspecified atom stereocenters. The highest BCUT2D eigenvalue weighted by molar-refractivity contribution is 5.91. The number of rotatable bonds is 5. The Kier molecular flexibility index (Phi) is 4.75. The SMILES string of the molecule is CCOc1cc(NC2CCN(C(=O)c3ccco3)CC2)ncn1. The van der Waals surface area contributed by atoms with Crippen molar-refractivity contribution in [1.29, 1.82) is 0 Å². The molecule has 1 amide bonds. The number of nitrogens with one attached hydrogen (secondary N) is 1. The lowest BCUT2D eigenvalue weighted by Crippen LogP contribution is -2.42. The fraction of sp³-hybridized carbons (Fsp3) is 0.438. The van der Waals surface area contributed by atoms with E-state index in [1.165, 1.54) is 12.6 Å². The van der Waals surface area contributed by atoms with Gasteiger partial charge in [0.2, 0.25) is 5.88 Å². The van der Waals surface area contributed by atoms with Gasteiger partial charge in [0, 0.05) is 25.2 Å². The first-order valence-corrected chi connectivity index (χ1v) is 7.80. The molecule has 0 radical (unpaired) electrons. The minimum absolute atomic E-state index is 0.0471. The quantitative estimate of drug-likeness (QED) is 0.910. The molecule has 0 aromatic carbocycles. The molecule has 3 rings (SSSR count). The molecule has 0 bridgehead atoms. The minimum Gasteiger partial charge on any atom is -0.478 e. The van der Waals surface area contributed by atoms with Gasteiger partial charge in [-0.1, -0.05) is 0 Å². The zero-order valence-corrected chi connectivity index (χ0v) is 13.1. The normalized spacial score (nSPS) is 15.4. The molecule has 23 heavy (non-hydrogen) atoms. The third-order valence-corrected chi connectivity index (χ3v) is 3.80. The summed E-state index contributed by atoms with van der Waals surface area (Å²) < 4.78 is 10.5. The van der Waals surface area contributed by atoms with Crippen molar-refractivity contribution in [2.24, 2.45) is 0 Å². The predicted molar refractivity (Wildman–Crippen MR) is 84.5 cm³/mol. The van der Waals surface area contributed by atoms with E-state index in [9.17, 15) is 4.79 Å². The second-order valence-electron chi connectivity index (χ2n) is 5.36. The van der Waals surface area contributed by atoms with Gasteiger partial charge in [0.05, 0.1) is 12.9 Å². The summed E-state index contributed by atoms with van der Waals surface area (Å²) in [6, 6.07) is 5.50. The minimum atomic E-state index is -0.0471. The van der Waals surface area contributed by atoms with Crippen LogP contribution in [0.4, 0.5) is 5.82 Å². The number of piperidine rings is 1. The Morgan fingerprint density at radius 3 is 2.96 bits per heavy atom. The van der Waals surface area contributed by atoms with Gasteiger partial charge < -0.3 is 19.4 Å². The van der Waals surface area contributed by atoms with Crippen molar-refractivity contribution >= 4 is 11.7 Å². The number of anilines is 1. The predicted octanol–water partition coefficient (Wildman–Crippen LogP) is 2.18. The van der Waals surface area contributed by atoms with E-state index in [-0.39, 0.29) is 11.9 Å². The molecule has 0 atom stereocenters. The molecular formula is C16H20N4O3. The maximum absolute atomic E-state index is 12.2. The topological polar surface area (TPSA) is 80.5 Å². The highest BCUT2D eigenvalue weighted by Crippen LogP contribution is 2.19. The van der Waals surface area contributed by atoms with Crippen LogP contribution in [-0.4, -0.2) is 46.5 Å². The highest BCUT2D eigenvalue weighted by atomic mass is 16.5. The summed E-state index contributed by atoms with van der Waals surface area (Å²) >= 11 is 0. The zero-order valence-electron chi connectivity index (χ0n) is 13.1. The van der Waals surface area contributed by atoms with Gasteiger partial charge in [0.15, 0.2) is 5.76 Å². The third kappa shape index (κ3) is 3.80. The number of likely N-dealkylation sites (tertiary alicyclic amines) is 1. The summed E-state index contributed by atoms with van der Waals surface area (Å²) in [6.07, 6.45) is 4.73. The Labute approximate surface area is 134 Å². The standard InChI is InChI=1S/C16H20N4O3/c1-2-22-15-10-14(17-11-18-15)19-12-5-7-20(8-6-12)16(21)13-4-3-9-23-13/h3-4,9-12H,2,5-8H2,1H3,(H,17,18,19). The Hall–Kier alpha value is -2.57. The summed E-state index contributed by atoms with van der Waals surface area (Å²) in [5, 5.41) is 3.38. The highest BCUT2D eigenvalue weighted by Gasteiger charge is 2.25. The van der Waals surface area contributed by atoms with E-state index in [4.69, 9.17) is 9.15 Å². The lowest BCUT2D eigenvalue weighted by atomic mass is 10.0. The average Bonchev–Trinajstić information content (AvgIpc) is 3.10. The van der Waals surface area contributed by atoms with E-state index in [2.05, 4.69) is 15.3 Å². The van der Waals surface area contributed by atoms with Gasteiger partial charge in [-0.25, -0.2) is 9.97 Å². The fourth-order valence-electron chi connectivity index (χ4n) is 2.64. The van der Waals surface area contributed by atoms with Crippen molar-refractivity contribution in [3.63, 3.8) is 0 Å². The number of aromatic nitrogens is 2. The van der Waals surface area contributed by atoms with Crippen molar-refractivity contribution < 1.29 is 13.9 Å². The summed E-state index contributed by atoms with van der Waals surface area (Å²) in [6.45, 7) is 3.88. The molecule has 7 nitrogen and oxygen atoms in total. The second-order valence-corrected chi connectivity index (χ2v) is 5.36. The van der Waals surface area contributed by atoms with Gasteiger partial charge in [-0.2, -0.15) is 0 Å². The number of ether oxygens (including phenoxy) is 1. The van der Waals surface area contributed by atoms with E-state index in [1.807, 2.05) is 11.8 Å². The molecule has 1 N–H and O–H groups in total. The van der Waals surface area contributed by atoms with Crippen LogP contribution in [0.2, 0.25) is 0 Å². The third-order valence-electron chi connectivity index (χ3n) is 3.80. The molecule has 2 aromatic heterocycles. The molecule has 0 aliphatic carbocycles. The Balaban J connectivity index is 1.53. The van der Waals surface area contributed by atoms with Crippen LogP contribution in [0, 0.1) is 0 Å². The van der Waals surface area contributed by atoms with Crippen LogP contribution in [0.3, 0.4) is 0 Å². The maximum Gasteiger partial charge on any atom is 0.289 e. The lowest BCUT2D eigenvalue weighted by molar-refractivity contribution is 0.0686. The van der Waals surface area contributed by atoms with Crippen molar-refractivity contribution in [2.75, 3.05) is 25.0 Å². The molecule has 122 valence electrons. The van der Waals surface area contributed by atoms with Gasteiger partial charge in [-0.3, -0.25) is 4.79 Å². The molecule has 3 heterocycles. The summed E-state index contributed by atoms with van der Waals surface area (Å²) in [4.78, 5) is 22.3. The largest absolute Gasteiger partial charge is 0.478 e. The summed E-state index contributed by atoms with van der Waals surface area (Å²) in [7, 11) is 0. The number of furan rings is 1. The van der Waals surface area contributed by atoms with E-state index >= 15 is 0 Å². The Morgan fingerprint density at radius 1 is 1.43 bits per heavy atom. The second kappa shape index (κ2) is 7.13. The molecule has 7 heteroatoms. The summed E-state index contributed by atoms with van der Waals surface area (Å²) in [5.41, 5.74) is 0. The smallest absolute Gasteiger partial charge is 0.289 e. The first-order chi connectivity index (χ1) is 11.3. The van der Waals surface area contributed by atoms with Gasteiger partial charge in [0.25, 0.3) is 5.91 Å². The molecular weight excluding hydrogens is 296 g/mol. The van der Waals surface area contributed by atoms with Gasteiger partial charge in [-0.15, -0.1) is 0 Å². The van der Waals surface area contributed by atoms with Crippen molar-refractivity contribution in [2.45, 2.75) is 25.8 Å². The van der Waals surface area contributed by atoms with Crippen LogP contribution in [-0.2, 0) is 0 Å². The molecule has 1 saturated heterocycles. The van der Waals surface area contributed by atoms with Crippen molar-refractivity contribution in [1.82, 2.24) is 14.9 Å². The van der Waals surface area contributed by atoms with Crippen LogP contribution in [0.25, 0.3) is 0 Å². The van der Waals surface area contributed by atoms with Crippen LogP contribution in [0.15, 0.2) is 35.2 Å². The van der Waals surface area contributed by atoms with Gasteiger partial charge in [0.1, 0.15) is 12.1 Å². The van der Waals surface area contributed by atoms with Gasteiger partial charge in [-0.05, 0) is 31.9 Å². The number of carbonyl (C=O) groups excluding carboxylic acids is 1. The molecule has 1 fully saturated rings. The molecule has 1 aliphatic rings. The van der Waals surface area contributed by atoms with Gasteiger partial charge >= 0.3 is 0 Å². The zero-order chi connectivity index (χ0) is 16.1. The molecule has 0 spiro atoms. The number of carbonyl (C=O) groups is 1. The lowest BCUT2D eigenvalue weighted by Gasteiger charge is -2.32. The number of nitrogens with zero attached hydrogens (tertiary/aromatic N) is 3. The van der Waals surface area contributed by atoms with Crippen LogP contribution in [0.1, 0.15) is 30.3 Å². The Bertz CT molecular complexity index is 637. The molecule has 2 aromatic rings. The fourth-order valence-corrected chi connectivity index (χ4v) is 2.64. The Morgan fingerprint density at radius 2 is 2.26 bits per heavy atom. The number of hydrogen-bond acceptors (Lipinski definition) is 6.